The summed E-state index contributed by atoms with van der Waals surface area (Å²) in [4.78, 5) is 22.2. The molecule has 1 N–H and O–H groups in total. The molecule has 0 bridgehead atoms. The van der Waals surface area contributed by atoms with Crippen LogP contribution in [0.15, 0.2) is 18.9 Å². The van der Waals surface area contributed by atoms with E-state index in [1.165, 1.54) is 0 Å². The van der Waals surface area contributed by atoms with Crippen molar-refractivity contribution in [3.05, 3.63) is 24.5 Å². The van der Waals surface area contributed by atoms with E-state index in [1.807, 2.05) is 0 Å². The molecule has 92 valence electrons. The van der Waals surface area contributed by atoms with Gasteiger partial charge in [-0.15, -0.1) is 0 Å². The quantitative estimate of drug-likeness (QED) is 0.638. The van der Waals surface area contributed by atoms with Crippen molar-refractivity contribution < 1.29 is 23.1 Å². The third kappa shape index (κ3) is 2.86. The van der Waals surface area contributed by atoms with Crippen LogP contribution in [0.5, 0.6) is 0 Å². The first-order chi connectivity index (χ1) is 7.99. The fraction of sp³-hybridized carbons (Fsp3) is 0.222. The van der Waals surface area contributed by atoms with Gasteiger partial charge in [-0.2, -0.15) is 13.9 Å². The summed E-state index contributed by atoms with van der Waals surface area (Å²) in [6, 6.07) is 0. The Morgan fingerprint density at radius 2 is 2.29 bits per heavy atom. The highest BCUT2D eigenvalue weighted by Crippen LogP contribution is 2.19. The van der Waals surface area contributed by atoms with E-state index in [4.69, 9.17) is 0 Å². The van der Waals surface area contributed by atoms with E-state index in [0.717, 1.165) is 19.4 Å². The van der Waals surface area contributed by atoms with Gasteiger partial charge in [0.2, 0.25) is 5.91 Å². The first kappa shape index (κ1) is 12.8. The average molecular weight is 245 g/mol. The second kappa shape index (κ2) is 5.19. The predicted molar refractivity (Wildman–Crippen MR) is 53.6 cm³/mol. The standard InChI is InChI=1S/C9H9F2N3O3/c1-3-6(15)12-5-4-14(9(10)11)13-7(5)8(16)17-2/h3-4,9H,1H2,2H3,(H,12,15). The van der Waals surface area contributed by atoms with Gasteiger partial charge in [0.15, 0.2) is 5.69 Å². The number of nitrogens with one attached hydrogen (secondary N) is 1. The molecule has 1 rings (SSSR count). The minimum atomic E-state index is -2.92. The van der Waals surface area contributed by atoms with E-state index in [9.17, 15) is 18.4 Å². The molecular formula is C9H9F2N3O3. The van der Waals surface area contributed by atoms with Crippen LogP contribution in [-0.2, 0) is 9.53 Å². The second-order valence-corrected chi connectivity index (χ2v) is 2.83. The summed E-state index contributed by atoms with van der Waals surface area (Å²) in [5, 5.41) is 5.49. The van der Waals surface area contributed by atoms with Gasteiger partial charge in [0, 0.05) is 0 Å². The van der Waals surface area contributed by atoms with Crippen LogP contribution >= 0.6 is 0 Å². The number of rotatable bonds is 4. The van der Waals surface area contributed by atoms with Gasteiger partial charge >= 0.3 is 12.5 Å². The number of alkyl halides is 2. The van der Waals surface area contributed by atoms with Crippen LogP contribution in [0.2, 0.25) is 0 Å². The first-order valence-corrected chi connectivity index (χ1v) is 4.38. The van der Waals surface area contributed by atoms with Crippen LogP contribution in [0.4, 0.5) is 14.5 Å². The van der Waals surface area contributed by atoms with Gasteiger partial charge in [-0.05, 0) is 6.08 Å². The highest BCUT2D eigenvalue weighted by molar-refractivity contribution is 6.03. The third-order valence-corrected chi connectivity index (χ3v) is 1.75. The second-order valence-electron chi connectivity index (χ2n) is 2.83. The number of halogens is 2. The highest BCUT2D eigenvalue weighted by Gasteiger charge is 2.21. The van der Waals surface area contributed by atoms with Gasteiger partial charge in [0.1, 0.15) is 0 Å². The van der Waals surface area contributed by atoms with Crippen LogP contribution in [0, 0.1) is 0 Å². The molecule has 0 unspecified atom stereocenters. The lowest BCUT2D eigenvalue weighted by Crippen LogP contribution is -2.11. The first-order valence-electron chi connectivity index (χ1n) is 4.38. The Morgan fingerprint density at radius 3 is 2.76 bits per heavy atom. The number of esters is 1. The Hall–Kier alpha value is -2.25. The molecule has 17 heavy (non-hydrogen) atoms. The zero-order chi connectivity index (χ0) is 13.0. The summed E-state index contributed by atoms with van der Waals surface area (Å²) in [6.45, 7) is 0.266. The summed E-state index contributed by atoms with van der Waals surface area (Å²) in [6.07, 6.45) is 1.76. The Balaban J connectivity index is 3.11. The molecule has 0 saturated carbocycles. The number of carbonyl (C=O) groups is 2. The summed E-state index contributed by atoms with van der Waals surface area (Å²) < 4.78 is 29.3. The number of hydrogen-bond acceptors (Lipinski definition) is 4. The average Bonchev–Trinajstić information content (AvgIpc) is 2.72. The maximum Gasteiger partial charge on any atom is 0.360 e. The fourth-order valence-corrected chi connectivity index (χ4v) is 1.01. The molecule has 0 aliphatic heterocycles. The molecule has 1 aromatic rings. The highest BCUT2D eigenvalue weighted by atomic mass is 19.3. The number of aromatic nitrogens is 2. The van der Waals surface area contributed by atoms with Gasteiger partial charge in [0.25, 0.3) is 0 Å². The van der Waals surface area contributed by atoms with Crippen LogP contribution in [0.3, 0.4) is 0 Å². The third-order valence-electron chi connectivity index (χ3n) is 1.75. The number of nitrogens with zero attached hydrogens (tertiary/aromatic N) is 2. The van der Waals surface area contributed by atoms with Crippen molar-refractivity contribution in [2.45, 2.75) is 6.55 Å². The van der Waals surface area contributed by atoms with Gasteiger partial charge in [-0.25, -0.2) is 9.48 Å². The molecule has 0 radical (unpaired) electrons. The lowest BCUT2D eigenvalue weighted by atomic mass is 10.3. The van der Waals surface area contributed by atoms with Crippen molar-refractivity contribution in [1.29, 1.82) is 0 Å². The van der Waals surface area contributed by atoms with E-state index in [1.54, 1.807) is 0 Å². The van der Waals surface area contributed by atoms with Crippen molar-refractivity contribution in [2.24, 2.45) is 0 Å². The summed E-state index contributed by atoms with van der Waals surface area (Å²) >= 11 is 0. The molecule has 6 nitrogen and oxygen atoms in total. The van der Waals surface area contributed by atoms with Crippen molar-refractivity contribution in [1.82, 2.24) is 9.78 Å². The van der Waals surface area contributed by atoms with Gasteiger partial charge in [-0.1, -0.05) is 6.58 Å². The summed E-state index contributed by atoms with van der Waals surface area (Å²) in [7, 11) is 1.07. The summed E-state index contributed by atoms with van der Waals surface area (Å²) in [5.74, 6) is -1.58. The molecule has 1 amide bonds. The molecule has 1 aromatic heterocycles. The van der Waals surface area contributed by atoms with Crippen molar-refractivity contribution in [2.75, 3.05) is 12.4 Å². The minimum absolute atomic E-state index is 0.165. The number of ether oxygens (including phenoxy) is 1. The number of carbonyl (C=O) groups excluding carboxylic acids is 2. The molecule has 8 heteroatoms. The van der Waals surface area contributed by atoms with E-state index in [-0.39, 0.29) is 10.4 Å². The SMILES string of the molecule is C=CC(=O)Nc1cn(C(F)F)nc1C(=O)OC. The zero-order valence-electron chi connectivity index (χ0n) is 8.81. The van der Waals surface area contributed by atoms with E-state index >= 15 is 0 Å². The zero-order valence-corrected chi connectivity index (χ0v) is 8.81. The predicted octanol–water partition coefficient (Wildman–Crippen LogP) is 1.19. The Labute approximate surface area is 94.9 Å². The van der Waals surface area contributed by atoms with E-state index < -0.39 is 24.1 Å². The lowest BCUT2D eigenvalue weighted by Gasteiger charge is -2.00. The van der Waals surface area contributed by atoms with Gasteiger partial charge < -0.3 is 10.1 Å². The van der Waals surface area contributed by atoms with Crippen molar-refractivity contribution in [3.63, 3.8) is 0 Å². The van der Waals surface area contributed by atoms with Crippen molar-refractivity contribution in [3.8, 4) is 0 Å². The Morgan fingerprint density at radius 1 is 1.65 bits per heavy atom. The van der Waals surface area contributed by atoms with Crippen LogP contribution in [0.1, 0.15) is 17.0 Å². The molecule has 0 saturated heterocycles. The maximum absolute atomic E-state index is 12.4. The normalized spacial score (nSPS) is 10.1. The smallest absolute Gasteiger partial charge is 0.360 e. The topological polar surface area (TPSA) is 73.2 Å². The largest absolute Gasteiger partial charge is 0.464 e. The lowest BCUT2D eigenvalue weighted by molar-refractivity contribution is -0.111. The summed E-state index contributed by atoms with van der Waals surface area (Å²) in [5.41, 5.74) is -0.565. The van der Waals surface area contributed by atoms with Crippen LogP contribution in [0.25, 0.3) is 0 Å². The Kier molecular flexibility index (Phi) is 3.91. The van der Waals surface area contributed by atoms with Crippen molar-refractivity contribution >= 4 is 17.6 Å². The van der Waals surface area contributed by atoms with Gasteiger partial charge in [0.05, 0.1) is 19.0 Å². The van der Waals surface area contributed by atoms with E-state index in [0.29, 0.717) is 0 Å². The van der Waals surface area contributed by atoms with E-state index in [2.05, 4.69) is 21.7 Å². The molecule has 0 aromatic carbocycles. The maximum atomic E-state index is 12.4. The van der Waals surface area contributed by atoms with Crippen LogP contribution in [-0.4, -0.2) is 28.8 Å². The number of hydrogen-bond donors (Lipinski definition) is 1. The van der Waals surface area contributed by atoms with Crippen LogP contribution < -0.4 is 5.32 Å². The number of methoxy groups -OCH3 is 1. The number of amides is 1. The number of anilines is 1. The minimum Gasteiger partial charge on any atom is -0.464 e. The molecule has 0 spiro atoms. The monoisotopic (exact) mass is 245 g/mol. The molecule has 1 heterocycles. The van der Waals surface area contributed by atoms with Gasteiger partial charge in [-0.3, -0.25) is 4.79 Å². The molecule has 0 fully saturated rings. The molecular weight excluding hydrogens is 236 g/mol. The fourth-order valence-electron chi connectivity index (χ4n) is 1.01. The Bertz CT molecular complexity index is 456. The molecule has 0 aliphatic rings. The molecule has 0 aliphatic carbocycles. The molecule has 0 atom stereocenters.